The molecule has 0 heterocycles. The molecular formula is C21H48N4O3. The molecule has 0 aromatic heterocycles. The van der Waals surface area contributed by atoms with E-state index in [1.807, 2.05) is 13.8 Å². The number of nitrogens with two attached hydrogens (primary N) is 4. The van der Waals surface area contributed by atoms with Crippen LogP contribution in [0.5, 0.6) is 0 Å². The Balaban J connectivity index is 0. The van der Waals surface area contributed by atoms with Crippen molar-refractivity contribution in [3.05, 3.63) is 0 Å². The van der Waals surface area contributed by atoms with E-state index in [2.05, 4.69) is 13.8 Å². The fourth-order valence-corrected chi connectivity index (χ4v) is 2.78. The van der Waals surface area contributed by atoms with E-state index in [0.717, 1.165) is 31.6 Å². The number of aliphatic hydroxyl groups excluding tert-OH is 1. The number of aliphatic carboxylic acids is 1. The highest BCUT2D eigenvalue weighted by atomic mass is 16.4. The molecule has 7 nitrogen and oxygen atoms in total. The summed E-state index contributed by atoms with van der Waals surface area (Å²) in [5.74, 6) is 0.305. The lowest BCUT2D eigenvalue weighted by Crippen LogP contribution is -2.31. The van der Waals surface area contributed by atoms with E-state index in [1.165, 1.54) is 19.3 Å². The van der Waals surface area contributed by atoms with Gasteiger partial charge in [0.2, 0.25) is 0 Å². The Hall–Kier alpha value is -0.730. The van der Waals surface area contributed by atoms with Gasteiger partial charge in [-0.15, -0.1) is 0 Å². The predicted octanol–water partition coefficient (Wildman–Crippen LogP) is 2.04. The molecule has 10 N–H and O–H groups in total. The number of carbonyl (C=O) groups is 1. The van der Waals surface area contributed by atoms with E-state index >= 15 is 0 Å². The van der Waals surface area contributed by atoms with Crippen LogP contribution < -0.4 is 22.9 Å². The van der Waals surface area contributed by atoms with E-state index in [9.17, 15) is 4.79 Å². The molecule has 2 aliphatic carbocycles. The van der Waals surface area contributed by atoms with Gasteiger partial charge in [0.15, 0.2) is 0 Å². The van der Waals surface area contributed by atoms with Gasteiger partial charge in [-0.25, -0.2) is 0 Å². The molecule has 28 heavy (non-hydrogen) atoms. The van der Waals surface area contributed by atoms with Crippen LogP contribution in [0.25, 0.3) is 0 Å². The van der Waals surface area contributed by atoms with E-state index in [-0.39, 0.29) is 24.5 Å². The first-order valence-electron chi connectivity index (χ1n) is 10.9. The Morgan fingerprint density at radius 3 is 1.79 bits per heavy atom. The van der Waals surface area contributed by atoms with Crippen LogP contribution >= 0.6 is 0 Å². The molecule has 2 fully saturated rings. The lowest BCUT2D eigenvalue weighted by Gasteiger charge is -2.22. The van der Waals surface area contributed by atoms with Crippen molar-refractivity contribution >= 4 is 5.97 Å². The minimum absolute atomic E-state index is 0.120. The number of carboxylic acids is 1. The van der Waals surface area contributed by atoms with E-state index < -0.39 is 5.97 Å². The fraction of sp³-hybridized carbons (Fsp3) is 0.952. The third kappa shape index (κ3) is 18.6. The van der Waals surface area contributed by atoms with Gasteiger partial charge in [-0.2, -0.15) is 0 Å². The molecule has 0 amide bonds. The summed E-state index contributed by atoms with van der Waals surface area (Å²) >= 11 is 0. The highest BCUT2D eigenvalue weighted by molar-refractivity contribution is 5.70. The quantitative estimate of drug-likeness (QED) is 0.417. The molecule has 2 rings (SSSR count). The molecule has 0 aromatic carbocycles. The van der Waals surface area contributed by atoms with Gasteiger partial charge >= 0.3 is 5.97 Å². The third-order valence-corrected chi connectivity index (χ3v) is 5.16. The van der Waals surface area contributed by atoms with Gasteiger partial charge in [-0.3, -0.25) is 4.79 Å². The highest BCUT2D eigenvalue weighted by Crippen LogP contribution is 2.23. The first kappa shape index (κ1) is 29.5. The summed E-state index contributed by atoms with van der Waals surface area (Å²) < 4.78 is 0. The smallest absolute Gasteiger partial charge is 0.306 e. The molecule has 2 aliphatic rings. The maximum Gasteiger partial charge on any atom is 0.306 e. The van der Waals surface area contributed by atoms with Gasteiger partial charge in [0, 0.05) is 24.7 Å². The van der Waals surface area contributed by atoms with Crippen LogP contribution in [0, 0.1) is 17.8 Å². The molecule has 7 heteroatoms. The van der Waals surface area contributed by atoms with Crippen LogP contribution in [0.3, 0.4) is 0 Å². The van der Waals surface area contributed by atoms with Crippen LogP contribution in [-0.2, 0) is 4.79 Å². The van der Waals surface area contributed by atoms with Crippen molar-refractivity contribution in [2.24, 2.45) is 40.7 Å². The van der Waals surface area contributed by atoms with Crippen LogP contribution in [0.4, 0.5) is 0 Å². The lowest BCUT2D eigenvalue weighted by molar-refractivity contribution is -0.142. The summed E-state index contributed by atoms with van der Waals surface area (Å²) in [5, 5.41) is 16.9. The van der Waals surface area contributed by atoms with Crippen molar-refractivity contribution in [2.45, 2.75) is 97.2 Å². The second-order valence-corrected chi connectivity index (χ2v) is 8.55. The summed E-state index contributed by atoms with van der Waals surface area (Å²) in [5.41, 5.74) is 21.6. The van der Waals surface area contributed by atoms with Gasteiger partial charge in [0.25, 0.3) is 0 Å². The van der Waals surface area contributed by atoms with Crippen molar-refractivity contribution < 1.29 is 15.0 Å². The predicted molar refractivity (Wildman–Crippen MR) is 118 cm³/mol. The molecule has 6 atom stereocenters. The molecule has 2 saturated carbocycles. The average molecular weight is 405 g/mol. The topological polar surface area (TPSA) is 162 Å². The van der Waals surface area contributed by atoms with Crippen LogP contribution in [0.2, 0.25) is 0 Å². The Morgan fingerprint density at radius 2 is 1.61 bits per heavy atom. The van der Waals surface area contributed by atoms with Crippen LogP contribution in [-0.4, -0.2) is 47.5 Å². The lowest BCUT2D eigenvalue weighted by atomic mass is 9.86. The molecule has 2 unspecified atom stereocenters. The van der Waals surface area contributed by atoms with Gasteiger partial charge in [-0.05, 0) is 70.3 Å². The number of hydrogen-bond donors (Lipinski definition) is 6. The van der Waals surface area contributed by atoms with Crippen molar-refractivity contribution in [3.63, 3.8) is 0 Å². The highest BCUT2D eigenvalue weighted by Gasteiger charge is 2.24. The maximum atomic E-state index is 10.4. The Kier molecular flexibility index (Phi) is 19.3. The Bertz CT molecular complexity index is 358. The SMILES string of the molecule is CC(CN)CO.CCC(C)N.C[C@H]1CC[C@@H](N)C1.N[C@@H]1CCC[C@H](C(=O)O)C1. The molecular weight excluding hydrogens is 356 g/mol. The molecule has 0 bridgehead atoms. The summed E-state index contributed by atoms with van der Waals surface area (Å²) in [6, 6.07) is 1.03. The first-order valence-corrected chi connectivity index (χ1v) is 10.9. The average Bonchev–Trinajstić information content (AvgIpc) is 3.05. The zero-order valence-corrected chi connectivity index (χ0v) is 18.6. The van der Waals surface area contributed by atoms with Crippen molar-refractivity contribution in [1.82, 2.24) is 0 Å². The van der Waals surface area contributed by atoms with Gasteiger partial charge < -0.3 is 33.1 Å². The summed E-state index contributed by atoms with van der Waals surface area (Å²) in [6.45, 7) is 9.03. The second kappa shape index (κ2) is 18.3. The van der Waals surface area contributed by atoms with Crippen molar-refractivity contribution in [3.8, 4) is 0 Å². The van der Waals surface area contributed by atoms with E-state index in [1.54, 1.807) is 0 Å². The fourth-order valence-electron chi connectivity index (χ4n) is 2.78. The summed E-state index contributed by atoms with van der Waals surface area (Å²) in [7, 11) is 0. The van der Waals surface area contributed by atoms with Crippen molar-refractivity contribution in [2.75, 3.05) is 13.2 Å². The minimum atomic E-state index is -0.685. The largest absolute Gasteiger partial charge is 0.481 e. The summed E-state index contributed by atoms with van der Waals surface area (Å²) in [4.78, 5) is 10.4. The normalized spacial score (nSPS) is 28.3. The number of carboxylic acid groups (broad SMARTS) is 1. The zero-order valence-electron chi connectivity index (χ0n) is 18.6. The van der Waals surface area contributed by atoms with Crippen LogP contribution in [0.15, 0.2) is 0 Å². The summed E-state index contributed by atoms with van der Waals surface area (Å²) in [6.07, 6.45) is 8.36. The maximum absolute atomic E-state index is 10.4. The number of rotatable bonds is 4. The third-order valence-electron chi connectivity index (χ3n) is 5.16. The Morgan fingerprint density at radius 1 is 1.07 bits per heavy atom. The molecule has 0 saturated heterocycles. The van der Waals surface area contributed by atoms with Gasteiger partial charge in [0.05, 0.1) is 5.92 Å². The van der Waals surface area contributed by atoms with Gasteiger partial charge in [-0.1, -0.05) is 27.2 Å². The van der Waals surface area contributed by atoms with Crippen LogP contribution in [0.1, 0.15) is 79.1 Å². The van der Waals surface area contributed by atoms with E-state index in [4.69, 9.17) is 33.1 Å². The zero-order chi connectivity index (χ0) is 22.1. The van der Waals surface area contributed by atoms with Gasteiger partial charge in [0.1, 0.15) is 0 Å². The molecule has 170 valence electrons. The minimum Gasteiger partial charge on any atom is -0.481 e. The number of hydrogen-bond acceptors (Lipinski definition) is 6. The number of aliphatic hydroxyl groups is 1. The first-order chi connectivity index (χ1) is 13.1. The Labute approximate surface area is 172 Å². The molecule has 0 aliphatic heterocycles. The standard InChI is InChI=1S/C7H13NO2.C6H13N.C4H11NO.C4H11N/c8-6-3-1-2-5(4-6)7(9)10;1-5-2-3-6(7)4-5;1-4(2-5)3-6;1-3-4(2)5/h5-6H,1-4,8H2,(H,9,10);5-6H,2-4,7H2,1H3;4,6H,2-3,5H2,1H3;4H,3,5H2,1-2H3/t2*5-,6+;;/m00../s1. The monoisotopic (exact) mass is 404 g/mol. The second-order valence-electron chi connectivity index (χ2n) is 8.55. The van der Waals surface area contributed by atoms with Crippen molar-refractivity contribution in [1.29, 1.82) is 0 Å². The van der Waals surface area contributed by atoms with E-state index in [0.29, 0.717) is 25.0 Å². The molecule has 0 radical (unpaired) electrons. The molecule has 0 aromatic rings. The molecule has 0 spiro atoms.